The van der Waals surface area contributed by atoms with E-state index in [-0.39, 0.29) is 12.6 Å². The first-order valence-electron chi connectivity index (χ1n) is 5.40. The van der Waals surface area contributed by atoms with Crippen LogP contribution in [0.2, 0.25) is 0 Å². The maximum atomic E-state index is 12.5. The second kappa shape index (κ2) is 4.62. The Morgan fingerprint density at radius 1 is 1.47 bits per heavy atom. The predicted molar refractivity (Wildman–Crippen MR) is 55.3 cm³/mol. The first-order chi connectivity index (χ1) is 8.02. The molecule has 0 unspecified atom stereocenters. The van der Waals surface area contributed by atoms with E-state index in [0.29, 0.717) is 12.3 Å². The minimum atomic E-state index is -4.40. The van der Waals surface area contributed by atoms with Gasteiger partial charge < -0.3 is 10.1 Å². The van der Waals surface area contributed by atoms with Gasteiger partial charge in [0.25, 0.3) is 0 Å². The van der Waals surface area contributed by atoms with E-state index in [0.717, 1.165) is 18.2 Å². The molecule has 1 atom stereocenters. The summed E-state index contributed by atoms with van der Waals surface area (Å²) in [6.07, 6.45) is -4.40. The van der Waals surface area contributed by atoms with Crippen LogP contribution in [0.4, 0.5) is 13.2 Å². The van der Waals surface area contributed by atoms with E-state index >= 15 is 0 Å². The Labute approximate surface area is 97.0 Å². The van der Waals surface area contributed by atoms with Crippen LogP contribution in [-0.2, 0) is 17.5 Å². The van der Waals surface area contributed by atoms with Crippen molar-refractivity contribution in [2.24, 2.45) is 0 Å². The maximum Gasteiger partial charge on any atom is 0.433 e. The van der Waals surface area contributed by atoms with Gasteiger partial charge in [-0.3, -0.25) is 0 Å². The second-order valence-electron chi connectivity index (χ2n) is 3.86. The third-order valence-electron chi connectivity index (χ3n) is 2.65. The SMILES string of the molecule is CCN[C@H]1COCc2nc(C(F)(F)F)ccc21. The molecule has 2 heterocycles. The third-order valence-corrected chi connectivity index (χ3v) is 2.65. The Hall–Kier alpha value is -1.14. The zero-order valence-electron chi connectivity index (χ0n) is 9.34. The number of halogens is 3. The molecule has 2 rings (SSSR count). The van der Waals surface area contributed by atoms with Crippen molar-refractivity contribution in [1.29, 1.82) is 0 Å². The molecule has 0 saturated heterocycles. The summed E-state index contributed by atoms with van der Waals surface area (Å²) in [6, 6.07) is 2.44. The van der Waals surface area contributed by atoms with Crippen molar-refractivity contribution >= 4 is 0 Å². The van der Waals surface area contributed by atoms with E-state index in [4.69, 9.17) is 4.74 Å². The van der Waals surface area contributed by atoms with Gasteiger partial charge in [0.15, 0.2) is 0 Å². The van der Waals surface area contributed by atoms with Gasteiger partial charge in [-0.25, -0.2) is 4.98 Å². The average molecular weight is 246 g/mol. The summed E-state index contributed by atoms with van der Waals surface area (Å²) >= 11 is 0. The van der Waals surface area contributed by atoms with Gasteiger partial charge in [0.1, 0.15) is 5.69 Å². The standard InChI is InChI=1S/C11H13F3N2O/c1-2-15-8-5-17-6-9-7(8)3-4-10(16-9)11(12,13)14/h3-4,8,15H,2,5-6H2,1H3/t8-/m0/s1. The molecule has 0 spiro atoms. The van der Waals surface area contributed by atoms with E-state index in [9.17, 15) is 13.2 Å². The summed E-state index contributed by atoms with van der Waals surface area (Å²) in [5.74, 6) is 0. The van der Waals surface area contributed by atoms with Gasteiger partial charge in [0.05, 0.1) is 24.9 Å². The molecule has 1 aliphatic heterocycles. The molecule has 0 aliphatic carbocycles. The number of likely N-dealkylation sites (N-methyl/N-ethyl adjacent to an activating group) is 1. The second-order valence-corrected chi connectivity index (χ2v) is 3.86. The van der Waals surface area contributed by atoms with Gasteiger partial charge in [-0.05, 0) is 18.2 Å². The van der Waals surface area contributed by atoms with Crippen molar-refractivity contribution in [3.05, 3.63) is 29.1 Å². The molecule has 1 N–H and O–H groups in total. The number of hydrogen-bond acceptors (Lipinski definition) is 3. The highest BCUT2D eigenvalue weighted by Crippen LogP contribution is 2.31. The molecular formula is C11H13F3N2O. The highest BCUT2D eigenvalue weighted by Gasteiger charge is 2.34. The minimum absolute atomic E-state index is 0.0708. The van der Waals surface area contributed by atoms with E-state index in [1.807, 2.05) is 6.92 Å². The van der Waals surface area contributed by atoms with Crippen LogP contribution in [0, 0.1) is 0 Å². The van der Waals surface area contributed by atoms with E-state index in [1.165, 1.54) is 6.07 Å². The monoisotopic (exact) mass is 246 g/mol. The summed E-state index contributed by atoms with van der Waals surface area (Å²) < 4.78 is 42.7. The highest BCUT2D eigenvalue weighted by molar-refractivity contribution is 5.28. The molecular weight excluding hydrogens is 233 g/mol. The largest absolute Gasteiger partial charge is 0.433 e. The first-order valence-corrected chi connectivity index (χ1v) is 5.40. The fourth-order valence-electron chi connectivity index (χ4n) is 1.88. The van der Waals surface area contributed by atoms with Crippen molar-refractivity contribution in [2.45, 2.75) is 25.7 Å². The van der Waals surface area contributed by atoms with Gasteiger partial charge in [0, 0.05) is 0 Å². The number of fused-ring (bicyclic) bond motifs is 1. The van der Waals surface area contributed by atoms with Crippen molar-refractivity contribution in [2.75, 3.05) is 13.2 Å². The topological polar surface area (TPSA) is 34.1 Å². The lowest BCUT2D eigenvalue weighted by Gasteiger charge is -2.26. The van der Waals surface area contributed by atoms with Crippen LogP contribution in [0.1, 0.15) is 29.9 Å². The molecule has 1 aliphatic rings. The zero-order valence-corrected chi connectivity index (χ0v) is 9.34. The number of alkyl halides is 3. The molecule has 1 aromatic rings. The fourth-order valence-corrected chi connectivity index (χ4v) is 1.88. The van der Waals surface area contributed by atoms with Gasteiger partial charge in [-0.1, -0.05) is 13.0 Å². The predicted octanol–water partition coefficient (Wildman–Crippen LogP) is 2.28. The summed E-state index contributed by atoms with van der Waals surface area (Å²) in [5, 5.41) is 3.15. The summed E-state index contributed by atoms with van der Waals surface area (Å²) in [7, 11) is 0. The number of pyridine rings is 1. The molecule has 0 saturated carbocycles. The zero-order chi connectivity index (χ0) is 12.5. The summed E-state index contributed by atoms with van der Waals surface area (Å²) in [5.41, 5.74) is 0.306. The van der Waals surface area contributed by atoms with Crippen LogP contribution >= 0.6 is 0 Å². The molecule has 0 fully saturated rings. The molecule has 0 amide bonds. The van der Waals surface area contributed by atoms with E-state index < -0.39 is 11.9 Å². The molecule has 0 bridgehead atoms. The third kappa shape index (κ3) is 2.58. The van der Waals surface area contributed by atoms with Crippen LogP contribution < -0.4 is 5.32 Å². The number of ether oxygens (including phenoxy) is 1. The van der Waals surface area contributed by atoms with Crippen LogP contribution in [0.25, 0.3) is 0 Å². The van der Waals surface area contributed by atoms with Crippen molar-refractivity contribution in [3.63, 3.8) is 0 Å². The smallest absolute Gasteiger partial charge is 0.373 e. The molecule has 0 aromatic carbocycles. The van der Waals surface area contributed by atoms with Gasteiger partial charge >= 0.3 is 6.18 Å². The Morgan fingerprint density at radius 3 is 2.88 bits per heavy atom. The van der Waals surface area contributed by atoms with Crippen LogP contribution in [0.5, 0.6) is 0 Å². The number of nitrogens with zero attached hydrogens (tertiary/aromatic N) is 1. The highest BCUT2D eigenvalue weighted by atomic mass is 19.4. The molecule has 3 nitrogen and oxygen atoms in total. The van der Waals surface area contributed by atoms with Crippen LogP contribution in [0.15, 0.2) is 12.1 Å². The number of rotatable bonds is 2. The molecule has 17 heavy (non-hydrogen) atoms. The van der Waals surface area contributed by atoms with Crippen molar-refractivity contribution in [3.8, 4) is 0 Å². The van der Waals surface area contributed by atoms with E-state index in [1.54, 1.807) is 0 Å². The Balaban J connectivity index is 2.33. The molecule has 6 heteroatoms. The Kier molecular flexibility index (Phi) is 3.35. The van der Waals surface area contributed by atoms with Gasteiger partial charge in [-0.2, -0.15) is 13.2 Å². The lowest BCUT2D eigenvalue weighted by molar-refractivity contribution is -0.141. The number of nitrogens with one attached hydrogen (secondary N) is 1. The summed E-state index contributed by atoms with van der Waals surface area (Å²) in [6.45, 7) is 3.27. The maximum absolute atomic E-state index is 12.5. The van der Waals surface area contributed by atoms with Gasteiger partial charge in [-0.15, -0.1) is 0 Å². The van der Waals surface area contributed by atoms with Crippen molar-refractivity contribution < 1.29 is 17.9 Å². The number of aromatic nitrogens is 1. The number of hydrogen-bond donors (Lipinski definition) is 1. The fraction of sp³-hybridized carbons (Fsp3) is 0.545. The quantitative estimate of drug-likeness (QED) is 0.869. The molecule has 0 radical (unpaired) electrons. The normalized spacial score (nSPS) is 20.1. The first kappa shape index (κ1) is 12.3. The summed E-state index contributed by atoms with van der Waals surface area (Å²) in [4.78, 5) is 3.63. The Morgan fingerprint density at radius 2 is 2.24 bits per heavy atom. The lowest BCUT2D eigenvalue weighted by atomic mass is 10.0. The lowest BCUT2D eigenvalue weighted by Crippen LogP contribution is -2.30. The van der Waals surface area contributed by atoms with Crippen molar-refractivity contribution in [1.82, 2.24) is 10.3 Å². The average Bonchev–Trinajstić information content (AvgIpc) is 2.28. The molecule has 1 aromatic heterocycles. The Bertz CT molecular complexity index is 406. The van der Waals surface area contributed by atoms with Crippen LogP contribution in [-0.4, -0.2) is 18.1 Å². The van der Waals surface area contributed by atoms with Crippen LogP contribution in [0.3, 0.4) is 0 Å². The van der Waals surface area contributed by atoms with Gasteiger partial charge in [0.2, 0.25) is 0 Å². The minimum Gasteiger partial charge on any atom is -0.373 e. The van der Waals surface area contributed by atoms with E-state index in [2.05, 4.69) is 10.3 Å². The molecule has 94 valence electrons.